The van der Waals surface area contributed by atoms with Crippen LogP contribution in [0.2, 0.25) is 10.0 Å². The Hall–Kier alpha value is -3.45. The predicted octanol–water partition coefficient (Wildman–Crippen LogP) is 6.44. The minimum Gasteiger partial charge on any atom is -0.489 e. The number of ether oxygens (including phenoxy) is 1. The number of rotatable bonds is 8. The lowest BCUT2D eigenvalue weighted by Gasteiger charge is -2.13. The Morgan fingerprint density at radius 2 is 1.69 bits per heavy atom. The van der Waals surface area contributed by atoms with Crippen LogP contribution in [-0.4, -0.2) is 16.0 Å². The molecule has 0 saturated carbocycles. The van der Waals surface area contributed by atoms with Crippen LogP contribution in [0.3, 0.4) is 0 Å². The summed E-state index contributed by atoms with van der Waals surface area (Å²) < 4.78 is 20.0. The van der Waals surface area contributed by atoms with Crippen molar-refractivity contribution in [2.75, 3.05) is 5.32 Å². The fraction of sp³-hybridized carbons (Fsp3) is 0.111. The lowest BCUT2D eigenvalue weighted by atomic mass is 10.1. The molecular weight excluding hydrogens is 490 g/mol. The summed E-state index contributed by atoms with van der Waals surface area (Å²) in [7, 11) is 0. The van der Waals surface area contributed by atoms with E-state index in [2.05, 4.69) is 10.3 Å². The number of anilines is 1. The van der Waals surface area contributed by atoms with Gasteiger partial charge in [-0.1, -0.05) is 47.5 Å². The fourth-order valence-electron chi connectivity index (χ4n) is 3.41. The number of pyridine rings is 1. The number of hydrogen-bond acceptors (Lipinski definition) is 4. The van der Waals surface area contributed by atoms with E-state index in [0.29, 0.717) is 39.2 Å². The number of hydrogen-bond donors (Lipinski definition) is 2. The van der Waals surface area contributed by atoms with Crippen LogP contribution >= 0.6 is 23.2 Å². The van der Waals surface area contributed by atoms with E-state index >= 15 is 0 Å². The number of nitrogens with one attached hydrogen (secondary N) is 1. The third-order valence-corrected chi connectivity index (χ3v) is 5.70. The topological polar surface area (TPSA) is 71.5 Å². The van der Waals surface area contributed by atoms with Gasteiger partial charge in [0.25, 0.3) is 5.91 Å². The lowest BCUT2D eigenvalue weighted by molar-refractivity contribution is 0.102. The number of aliphatic hydroxyl groups excluding tert-OH is 1. The third kappa shape index (κ3) is 6.57. The van der Waals surface area contributed by atoms with Gasteiger partial charge in [0.15, 0.2) is 0 Å². The molecule has 4 rings (SSSR count). The van der Waals surface area contributed by atoms with Crippen LogP contribution in [0, 0.1) is 5.82 Å². The van der Waals surface area contributed by atoms with E-state index in [0.717, 1.165) is 11.1 Å². The Kier molecular flexibility index (Phi) is 7.98. The summed E-state index contributed by atoms with van der Waals surface area (Å²) in [6.07, 6.45) is 0.352. The van der Waals surface area contributed by atoms with Crippen molar-refractivity contribution in [2.24, 2.45) is 0 Å². The van der Waals surface area contributed by atoms with Gasteiger partial charge in [0.1, 0.15) is 23.9 Å². The first-order chi connectivity index (χ1) is 16.9. The number of nitrogens with zero attached hydrogens (tertiary/aromatic N) is 1. The zero-order valence-corrected chi connectivity index (χ0v) is 20.0. The highest BCUT2D eigenvalue weighted by atomic mass is 35.5. The molecule has 0 spiro atoms. The summed E-state index contributed by atoms with van der Waals surface area (Å²) in [5, 5.41) is 12.8. The monoisotopic (exact) mass is 510 g/mol. The maximum atomic E-state index is 14.1. The third-order valence-electron chi connectivity index (χ3n) is 5.23. The number of carbonyl (C=O) groups is 1. The van der Waals surface area contributed by atoms with Gasteiger partial charge < -0.3 is 15.2 Å². The number of aromatic nitrogens is 1. The molecule has 0 fully saturated rings. The molecule has 0 unspecified atom stereocenters. The highest BCUT2D eigenvalue weighted by Crippen LogP contribution is 2.27. The second-order valence-electron chi connectivity index (χ2n) is 7.78. The van der Waals surface area contributed by atoms with Gasteiger partial charge in [0, 0.05) is 39.0 Å². The maximum absolute atomic E-state index is 14.1. The van der Waals surface area contributed by atoms with Gasteiger partial charge in [-0.25, -0.2) is 9.37 Å². The largest absolute Gasteiger partial charge is 0.489 e. The predicted molar refractivity (Wildman–Crippen MR) is 135 cm³/mol. The highest BCUT2D eigenvalue weighted by Gasteiger charge is 2.13. The molecule has 4 aromatic rings. The van der Waals surface area contributed by atoms with E-state index in [9.17, 15) is 9.18 Å². The van der Waals surface area contributed by atoms with Gasteiger partial charge in [-0.2, -0.15) is 0 Å². The first kappa shape index (κ1) is 24.7. The highest BCUT2D eigenvalue weighted by molar-refractivity contribution is 6.30. The molecule has 1 heterocycles. The molecular formula is C27H21Cl2FN2O3. The normalized spacial score (nSPS) is 10.7. The fourth-order valence-corrected chi connectivity index (χ4v) is 3.76. The van der Waals surface area contributed by atoms with Gasteiger partial charge in [-0.05, 0) is 60.2 Å². The summed E-state index contributed by atoms with van der Waals surface area (Å²) in [6.45, 7) is -0.0513. The average Bonchev–Trinajstić information content (AvgIpc) is 2.85. The van der Waals surface area contributed by atoms with Crippen molar-refractivity contribution in [1.29, 1.82) is 0 Å². The smallest absolute Gasteiger partial charge is 0.274 e. The Labute approximate surface area is 212 Å². The maximum Gasteiger partial charge on any atom is 0.274 e. The summed E-state index contributed by atoms with van der Waals surface area (Å²) in [6, 6.07) is 21.7. The minimum atomic E-state index is -0.445. The van der Waals surface area contributed by atoms with Crippen molar-refractivity contribution in [1.82, 2.24) is 4.98 Å². The van der Waals surface area contributed by atoms with Crippen molar-refractivity contribution in [3.8, 4) is 5.75 Å². The Morgan fingerprint density at radius 1 is 0.943 bits per heavy atom. The molecule has 1 amide bonds. The molecule has 35 heavy (non-hydrogen) atoms. The van der Waals surface area contributed by atoms with E-state index in [1.807, 2.05) is 0 Å². The Bertz CT molecular complexity index is 1350. The standard InChI is InChI=1S/C27H21Cl2FN2O3/c28-20-8-11-26(35-16-18-6-7-21(29)14-24(18)30)19(12-20)13-23-2-1-3-25(31-23)27(34)32-22-9-4-17(15-33)5-10-22/h1-12,14,33H,13,15-16H2,(H,32,34). The van der Waals surface area contributed by atoms with Crippen LogP contribution in [0.1, 0.15) is 32.9 Å². The zero-order chi connectivity index (χ0) is 24.8. The quantitative estimate of drug-likeness (QED) is 0.286. The summed E-state index contributed by atoms with van der Waals surface area (Å²) in [4.78, 5) is 17.2. The van der Waals surface area contributed by atoms with E-state index in [1.165, 1.54) is 6.07 Å². The van der Waals surface area contributed by atoms with Crippen molar-refractivity contribution < 1.29 is 19.0 Å². The van der Waals surface area contributed by atoms with Crippen LogP contribution in [0.5, 0.6) is 5.75 Å². The van der Waals surface area contributed by atoms with Gasteiger partial charge in [-0.3, -0.25) is 4.79 Å². The molecule has 0 radical (unpaired) electrons. The minimum absolute atomic E-state index is 0.0164. The molecule has 5 nitrogen and oxygen atoms in total. The second kappa shape index (κ2) is 11.3. The van der Waals surface area contributed by atoms with Crippen LogP contribution in [0.25, 0.3) is 0 Å². The van der Waals surface area contributed by atoms with Crippen molar-refractivity contribution >= 4 is 34.8 Å². The summed E-state index contributed by atoms with van der Waals surface area (Å²) >= 11 is 12.0. The van der Waals surface area contributed by atoms with E-state index in [-0.39, 0.29) is 24.8 Å². The SMILES string of the molecule is O=C(Nc1ccc(CO)cc1)c1cccc(Cc2cc(Cl)ccc2OCc2ccc(Cl)cc2F)n1. The Morgan fingerprint density at radius 3 is 2.43 bits per heavy atom. The first-order valence-corrected chi connectivity index (χ1v) is 11.5. The zero-order valence-electron chi connectivity index (χ0n) is 18.5. The lowest BCUT2D eigenvalue weighted by Crippen LogP contribution is -2.14. The van der Waals surface area contributed by atoms with Crippen LogP contribution < -0.4 is 10.1 Å². The molecule has 0 atom stereocenters. The number of carbonyl (C=O) groups excluding carboxylic acids is 1. The van der Waals surface area contributed by atoms with Crippen molar-refractivity contribution in [3.63, 3.8) is 0 Å². The number of halogens is 3. The molecule has 8 heteroatoms. The first-order valence-electron chi connectivity index (χ1n) is 10.7. The second-order valence-corrected chi connectivity index (χ2v) is 8.65. The number of benzene rings is 3. The molecule has 0 aliphatic carbocycles. The molecule has 1 aromatic heterocycles. The molecule has 178 valence electrons. The van der Waals surface area contributed by atoms with E-state index in [1.54, 1.807) is 72.8 Å². The van der Waals surface area contributed by atoms with E-state index < -0.39 is 5.82 Å². The molecule has 2 N–H and O–H groups in total. The van der Waals surface area contributed by atoms with Crippen LogP contribution in [0.15, 0.2) is 78.9 Å². The summed E-state index contributed by atoms with van der Waals surface area (Å²) in [5.41, 5.74) is 3.36. The molecule has 0 bridgehead atoms. The Balaban J connectivity index is 1.49. The molecule has 0 aliphatic rings. The van der Waals surface area contributed by atoms with Crippen molar-refractivity contribution in [2.45, 2.75) is 19.6 Å². The number of amides is 1. The van der Waals surface area contributed by atoms with Gasteiger partial charge in [0.05, 0.1) is 6.61 Å². The molecule has 0 saturated heterocycles. The molecule has 3 aromatic carbocycles. The molecule has 0 aliphatic heterocycles. The average molecular weight is 511 g/mol. The van der Waals surface area contributed by atoms with Gasteiger partial charge in [-0.15, -0.1) is 0 Å². The van der Waals surface area contributed by atoms with Gasteiger partial charge >= 0.3 is 0 Å². The van der Waals surface area contributed by atoms with E-state index in [4.69, 9.17) is 33.0 Å². The van der Waals surface area contributed by atoms with Crippen LogP contribution in [-0.2, 0) is 19.6 Å². The van der Waals surface area contributed by atoms with Crippen molar-refractivity contribution in [3.05, 3.63) is 123 Å². The van der Waals surface area contributed by atoms with Crippen LogP contribution in [0.4, 0.5) is 10.1 Å². The number of aliphatic hydroxyl groups is 1. The van der Waals surface area contributed by atoms with Gasteiger partial charge in [0.2, 0.25) is 0 Å². The summed E-state index contributed by atoms with van der Waals surface area (Å²) in [5.74, 6) is -0.270.